The molecule has 0 aromatic carbocycles. The Hall–Kier alpha value is -0.120. The molecule has 1 fully saturated rings. The highest BCUT2D eigenvalue weighted by atomic mass is 16.5. The van der Waals surface area contributed by atoms with Gasteiger partial charge in [0, 0.05) is 12.6 Å². The van der Waals surface area contributed by atoms with Gasteiger partial charge in [-0.3, -0.25) is 0 Å². The van der Waals surface area contributed by atoms with Gasteiger partial charge in [-0.15, -0.1) is 0 Å². The van der Waals surface area contributed by atoms with Gasteiger partial charge in [0.25, 0.3) is 0 Å². The van der Waals surface area contributed by atoms with Gasteiger partial charge in [-0.2, -0.15) is 0 Å². The standard InChI is InChI=1S/C16H33NO2/c1-12(2)9-13(3)19-11-16(18)10-17-14(4)15-7-5-6-8-15/h12-18H,5-11H2,1-4H3/t13?,14-,16?/m0/s1. The van der Waals surface area contributed by atoms with Crippen molar-refractivity contribution >= 4 is 0 Å². The van der Waals surface area contributed by atoms with Crippen molar-refractivity contribution in [1.29, 1.82) is 0 Å². The lowest BCUT2D eigenvalue weighted by atomic mass is 10.00. The van der Waals surface area contributed by atoms with Gasteiger partial charge < -0.3 is 15.2 Å². The third kappa shape index (κ3) is 7.28. The molecular weight excluding hydrogens is 238 g/mol. The van der Waals surface area contributed by atoms with Crippen LogP contribution in [0.2, 0.25) is 0 Å². The van der Waals surface area contributed by atoms with Gasteiger partial charge in [0.2, 0.25) is 0 Å². The van der Waals surface area contributed by atoms with E-state index in [2.05, 4.69) is 33.0 Å². The van der Waals surface area contributed by atoms with Crippen LogP contribution in [0.15, 0.2) is 0 Å². The summed E-state index contributed by atoms with van der Waals surface area (Å²) in [5.41, 5.74) is 0. The van der Waals surface area contributed by atoms with Gasteiger partial charge in [0.1, 0.15) is 0 Å². The lowest BCUT2D eigenvalue weighted by molar-refractivity contribution is -0.00961. The Balaban J connectivity index is 2.08. The molecule has 0 aliphatic heterocycles. The predicted molar refractivity (Wildman–Crippen MR) is 80.3 cm³/mol. The molecule has 3 nitrogen and oxygen atoms in total. The molecule has 3 heteroatoms. The molecule has 1 aliphatic carbocycles. The van der Waals surface area contributed by atoms with E-state index in [0.29, 0.717) is 25.1 Å². The quantitative estimate of drug-likeness (QED) is 0.677. The average molecular weight is 271 g/mol. The first-order chi connectivity index (χ1) is 8.99. The molecule has 1 rings (SSSR count). The molecule has 19 heavy (non-hydrogen) atoms. The van der Waals surface area contributed by atoms with E-state index in [1.807, 2.05) is 0 Å². The van der Waals surface area contributed by atoms with Crippen LogP contribution in [-0.4, -0.2) is 36.5 Å². The summed E-state index contributed by atoms with van der Waals surface area (Å²) in [6.07, 6.45) is 6.32. The Morgan fingerprint density at radius 1 is 1.16 bits per heavy atom. The second-order valence-electron chi connectivity index (χ2n) is 6.67. The highest BCUT2D eigenvalue weighted by molar-refractivity contribution is 4.78. The highest BCUT2D eigenvalue weighted by Gasteiger charge is 2.21. The lowest BCUT2D eigenvalue weighted by Gasteiger charge is -2.23. The van der Waals surface area contributed by atoms with E-state index in [1.165, 1.54) is 25.7 Å². The topological polar surface area (TPSA) is 41.5 Å². The zero-order valence-electron chi connectivity index (χ0n) is 13.2. The Kier molecular flexibility index (Phi) is 7.96. The Bertz CT molecular complexity index is 227. The van der Waals surface area contributed by atoms with Crippen molar-refractivity contribution in [3.05, 3.63) is 0 Å². The number of ether oxygens (including phenoxy) is 1. The normalized spacial score (nSPS) is 21.8. The number of hydrogen-bond acceptors (Lipinski definition) is 3. The van der Waals surface area contributed by atoms with Crippen molar-refractivity contribution in [3.63, 3.8) is 0 Å². The van der Waals surface area contributed by atoms with Crippen molar-refractivity contribution < 1.29 is 9.84 Å². The fraction of sp³-hybridized carbons (Fsp3) is 1.00. The van der Waals surface area contributed by atoms with Crippen LogP contribution in [0.1, 0.15) is 59.8 Å². The van der Waals surface area contributed by atoms with Gasteiger partial charge in [-0.25, -0.2) is 0 Å². The molecule has 0 bridgehead atoms. The fourth-order valence-electron chi connectivity index (χ4n) is 3.01. The third-order valence-electron chi connectivity index (χ3n) is 4.16. The highest BCUT2D eigenvalue weighted by Crippen LogP contribution is 2.27. The smallest absolute Gasteiger partial charge is 0.0897 e. The summed E-state index contributed by atoms with van der Waals surface area (Å²) in [5.74, 6) is 1.45. The second-order valence-corrected chi connectivity index (χ2v) is 6.67. The number of aliphatic hydroxyl groups is 1. The molecule has 2 N–H and O–H groups in total. The van der Waals surface area contributed by atoms with E-state index in [9.17, 15) is 5.11 Å². The van der Waals surface area contributed by atoms with Crippen LogP contribution in [0, 0.1) is 11.8 Å². The minimum atomic E-state index is -0.390. The monoisotopic (exact) mass is 271 g/mol. The molecule has 114 valence electrons. The fourth-order valence-corrected chi connectivity index (χ4v) is 3.01. The van der Waals surface area contributed by atoms with E-state index in [1.54, 1.807) is 0 Å². The molecule has 1 saturated carbocycles. The molecule has 0 radical (unpaired) electrons. The van der Waals surface area contributed by atoms with Gasteiger partial charge in [-0.1, -0.05) is 26.7 Å². The van der Waals surface area contributed by atoms with Crippen LogP contribution in [0.5, 0.6) is 0 Å². The van der Waals surface area contributed by atoms with Crippen molar-refractivity contribution in [2.45, 2.75) is 78.0 Å². The van der Waals surface area contributed by atoms with Gasteiger partial charge in [-0.05, 0) is 44.9 Å². The van der Waals surface area contributed by atoms with Crippen LogP contribution in [0.25, 0.3) is 0 Å². The molecule has 2 unspecified atom stereocenters. The van der Waals surface area contributed by atoms with Crippen molar-refractivity contribution in [2.75, 3.05) is 13.2 Å². The number of hydrogen-bond donors (Lipinski definition) is 2. The molecule has 0 spiro atoms. The van der Waals surface area contributed by atoms with Crippen LogP contribution in [0.4, 0.5) is 0 Å². The molecule has 0 heterocycles. The first-order valence-electron chi connectivity index (χ1n) is 8.02. The van der Waals surface area contributed by atoms with Gasteiger partial charge in [0.05, 0.1) is 18.8 Å². The summed E-state index contributed by atoms with van der Waals surface area (Å²) in [4.78, 5) is 0. The van der Waals surface area contributed by atoms with E-state index in [-0.39, 0.29) is 6.10 Å². The van der Waals surface area contributed by atoms with E-state index in [0.717, 1.165) is 12.3 Å². The zero-order valence-corrected chi connectivity index (χ0v) is 13.2. The molecule has 0 amide bonds. The predicted octanol–water partition coefficient (Wildman–Crippen LogP) is 2.97. The second kappa shape index (κ2) is 8.93. The maximum absolute atomic E-state index is 9.94. The summed E-state index contributed by atoms with van der Waals surface area (Å²) < 4.78 is 5.68. The summed E-state index contributed by atoms with van der Waals surface area (Å²) in [5, 5.41) is 13.4. The number of rotatable bonds is 9. The Morgan fingerprint density at radius 2 is 1.79 bits per heavy atom. The summed E-state index contributed by atoms with van der Waals surface area (Å²) in [6, 6.07) is 0.519. The van der Waals surface area contributed by atoms with Gasteiger partial charge >= 0.3 is 0 Å². The van der Waals surface area contributed by atoms with Crippen LogP contribution >= 0.6 is 0 Å². The first-order valence-corrected chi connectivity index (χ1v) is 8.02. The van der Waals surface area contributed by atoms with E-state index < -0.39 is 6.10 Å². The maximum Gasteiger partial charge on any atom is 0.0897 e. The minimum Gasteiger partial charge on any atom is -0.389 e. The molecule has 0 aromatic rings. The summed E-state index contributed by atoms with van der Waals surface area (Å²) in [7, 11) is 0. The van der Waals surface area contributed by atoms with Crippen LogP contribution < -0.4 is 5.32 Å². The summed E-state index contributed by atoms with van der Waals surface area (Å²) >= 11 is 0. The van der Waals surface area contributed by atoms with Crippen molar-refractivity contribution in [3.8, 4) is 0 Å². The largest absolute Gasteiger partial charge is 0.389 e. The average Bonchev–Trinajstić information content (AvgIpc) is 2.86. The van der Waals surface area contributed by atoms with Crippen LogP contribution in [0.3, 0.4) is 0 Å². The van der Waals surface area contributed by atoms with Crippen molar-refractivity contribution in [2.24, 2.45) is 11.8 Å². The molecule has 0 saturated heterocycles. The van der Waals surface area contributed by atoms with Crippen molar-refractivity contribution in [1.82, 2.24) is 5.32 Å². The molecule has 0 aromatic heterocycles. The molecular formula is C16H33NO2. The lowest BCUT2D eigenvalue weighted by Crippen LogP contribution is -2.39. The number of nitrogens with one attached hydrogen (secondary N) is 1. The Labute approximate surface area is 119 Å². The third-order valence-corrected chi connectivity index (χ3v) is 4.16. The molecule has 3 atom stereocenters. The first kappa shape index (κ1) is 16.9. The maximum atomic E-state index is 9.94. The zero-order chi connectivity index (χ0) is 14.3. The molecule has 1 aliphatic rings. The minimum absolute atomic E-state index is 0.238. The van der Waals surface area contributed by atoms with Gasteiger partial charge in [0.15, 0.2) is 0 Å². The van der Waals surface area contributed by atoms with E-state index >= 15 is 0 Å². The number of aliphatic hydroxyl groups excluding tert-OH is 1. The SMILES string of the molecule is CC(C)CC(C)OCC(O)CN[C@@H](C)C1CCCC1. The van der Waals surface area contributed by atoms with Crippen LogP contribution in [-0.2, 0) is 4.74 Å². The summed E-state index contributed by atoms with van der Waals surface area (Å²) in [6.45, 7) is 9.80. The Morgan fingerprint density at radius 3 is 2.37 bits per heavy atom. The van der Waals surface area contributed by atoms with E-state index in [4.69, 9.17) is 4.74 Å².